The molecule has 1 amide bonds. The van der Waals surface area contributed by atoms with E-state index in [9.17, 15) is 4.79 Å². The van der Waals surface area contributed by atoms with Crippen molar-refractivity contribution in [2.24, 2.45) is 0 Å². The van der Waals surface area contributed by atoms with Crippen LogP contribution in [0.2, 0.25) is 0 Å². The third kappa shape index (κ3) is 2.69. The molecule has 1 aliphatic heterocycles. The Hall–Kier alpha value is -3.42. The first kappa shape index (κ1) is 15.8. The van der Waals surface area contributed by atoms with Crippen molar-refractivity contribution in [3.05, 3.63) is 42.5 Å². The topological polar surface area (TPSA) is 106 Å². The first-order chi connectivity index (χ1) is 13.2. The quantitative estimate of drug-likeness (QED) is 0.583. The van der Waals surface area contributed by atoms with Crippen molar-refractivity contribution in [1.82, 2.24) is 29.6 Å². The van der Waals surface area contributed by atoms with Gasteiger partial charge in [0.2, 0.25) is 5.91 Å². The fourth-order valence-corrected chi connectivity index (χ4v) is 3.66. The second kappa shape index (κ2) is 6.08. The van der Waals surface area contributed by atoms with E-state index in [1.807, 2.05) is 35.4 Å². The zero-order chi connectivity index (χ0) is 18.4. The number of nitrogens with two attached hydrogens (primary N) is 1. The lowest BCUT2D eigenvalue weighted by atomic mass is 10.1. The maximum Gasteiger partial charge on any atom is 0.222 e. The average Bonchev–Trinajstić information content (AvgIpc) is 3.33. The molecule has 0 spiro atoms. The molecule has 4 aromatic rings. The highest BCUT2D eigenvalue weighted by Crippen LogP contribution is 2.28. The molecule has 1 aliphatic rings. The van der Waals surface area contributed by atoms with Gasteiger partial charge < -0.3 is 15.6 Å². The molecule has 3 N–H and O–H groups in total. The highest BCUT2D eigenvalue weighted by Gasteiger charge is 2.20. The van der Waals surface area contributed by atoms with Gasteiger partial charge in [-0.15, -0.1) is 0 Å². The molecule has 136 valence electrons. The Labute approximate surface area is 155 Å². The van der Waals surface area contributed by atoms with Crippen LogP contribution in [0, 0.1) is 0 Å². The number of H-pyrrole nitrogens is 1. The number of aromatic nitrogens is 5. The molecule has 1 fully saturated rings. The van der Waals surface area contributed by atoms with Crippen molar-refractivity contribution < 1.29 is 4.79 Å². The SMILES string of the molecule is Nc1nc2cc(-n3cccn3)ccc2c2[nH]c(CN3CCCCC3=O)nc12. The molecule has 8 heteroatoms. The van der Waals surface area contributed by atoms with Crippen molar-refractivity contribution in [3.8, 4) is 5.69 Å². The minimum Gasteiger partial charge on any atom is -0.382 e. The summed E-state index contributed by atoms with van der Waals surface area (Å²) in [5.41, 5.74) is 9.36. The summed E-state index contributed by atoms with van der Waals surface area (Å²) in [6.07, 6.45) is 6.23. The number of nitrogens with one attached hydrogen (secondary N) is 1. The molecular formula is C19H19N7O. The van der Waals surface area contributed by atoms with Crippen LogP contribution in [0.25, 0.3) is 27.6 Å². The second-order valence-corrected chi connectivity index (χ2v) is 6.83. The van der Waals surface area contributed by atoms with Crippen molar-refractivity contribution >= 4 is 33.7 Å². The van der Waals surface area contributed by atoms with E-state index in [0.29, 0.717) is 24.3 Å². The van der Waals surface area contributed by atoms with Gasteiger partial charge in [0.25, 0.3) is 0 Å². The van der Waals surface area contributed by atoms with E-state index in [0.717, 1.165) is 47.3 Å². The number of rotatable bonds is 3. The number of likely N-dealkylation sites (tertiary alicyclic amines) is 1. The lowest BCUT2D eigenvalue weighted by Crippen LogP contribution is -2.34. The van der Waals surface area contributed by atoms with Crippen molar-refractivity contribution in [2.45, 2.75) is 25.8 Å². The van der Waals surface area contributed by atoms with Crippen LogP contribution in [0.4, 0.5) is 5.82 Å². The molecule has 4 heterocycles. The van der Waals surface area contributed by atoms with Gasteiger partial charge in [-0.1, -0.05) is 0 Å². The van der Waals surface area contributed by atoms with E-state index < -0.39 is 0 Å². The number of aromatic amines is 1. The Kier molecular flexibility index (Phi) is 3.56. The van der Waals surface area contributed by atoms with Crippen LogP contribution < -0.4 is 5.73 Å². The van der Waals surface area contributed by atoms with Gasteiger partial charge in [0.1, 0.15) is 11.3 Å². The number of anilines is 1. The maximum atomic E-state index is 12.1. The molecule has 5 rings (SSSR count). The van der Waals surface area contributed by atoms with Gasteiger partial charge in [0.05, 0.1) is 23.3 Å². The average molecular weight is 361 g/mol. The Morgan fingerprint density at radius 1 is 1.22 bits per heavy atom. The molecule has 3 aromatic heterocycles. The van der Waals surface area contributed by atoms with Gasteiger partial charge in [-0.3, -0.25) is 4.79 Å². The summed E-state index contributed by atoms with van der Waals surface area (Å²) in [6, 6.07) is 7.81. The monoisotopic (exact) mass is 361 g/mol. The summed E-state index contributed by atoms with van der Waals surface area (Å²) in [5.74, 6) is 1.29. The van der Waals surface area contributed by atoms with Crippen molar-refractivity contribution in [2.75, 3.05) is 12.3 Å². The van der Waals surface area contributed by atoms with Gasteiger partial charge in [0.15, 0.2) is 5.82 Å². The molecule has 0 saturated carbocycles. The van der Waals surface area contributed by atoms with Crippen LogP contribution in [0.3, 0.4) is 0 Å². The molecule has 1 saturated heterocycles. The van der Waals surface area contributed by atoms with Gasteiger partial charge in [-0.25, -0.2) is 14.6 Å². The first-order valence-electron chi connectivity index (χ1n) is 9.05. The number of piperidine rings is 1. The number of carbonyl (C=O) groups excluding carboxylic acids is 1. The summed E-state index contributed by atoms with van der Waals surface area (Å²) in [4.78, 5) is 26.4. The number of fused-ring (bicyclic) bond motifs is 3. The summed E-state index contributed by atoms with van der Waals surface area (Å²) < 4.78 is 1.78. The lowest BCUT2D eigenvalue weighted by Gasteiger charge is -2.25. The number of amides is 1. The lowest BCUT2D eigenvalue weighted by molar-refractivity contribution is -0.133. The van der Waals surface area contributed by atoms with Crippen LogP contribution in [0.15, 0.2) is 36.7 Å². The number of benzene rings is 1. The summed E-state index contributed by atoms with van der Waals surface area (Å²) in [6.45, 7) is 1.25. The Morgan fingerprint density at radius 3 is 2.96 bits per heavy atom. The van der Waals surface area contributed by atoms with Crippen molar-refractivity contribution in [1.29, 1.82) is 0 Å². The van der Waals surface area contributed by atoms with E-state index in [4.69, 9.17) is 5.73 Å². The number of hydrogen-bond acceptors (Lipinski definition) is 5. The number of pyridine rings is 1. The Bertz CT molecular complexity index is 1150. The Morgan fingerprint density at radius 2 is 2.15 bits per heavy atom. The second-order valence-electron chi connectivity index (χ2n) is 6.83. The van der Waals surface area contributed by atoms with Crippen LogP contribution in [0.5, 0.6) is 0 Å². The van der Waals surface area contributed by atoms with E-state index in [1.54, 1.807) is 10.9 Å². The maximum absolute atomic E-state index is 12.1. The summed E-state index contributed by atoms with van der Waals surface area (Å²) in [5, 5.41) is 5.20. The number of hydrogen-bond donors (Lipinski definition) is 2. The van der Waals surface area contributed by atoms with Gasteiger partial charge in [-0.05, 0) is 37.1 Å². The molecule has 0 bridgehead atoms. The van der Waals surface area contributed by atoms with E-state index in [-0.39, 0.29) is 5.91 Å². The fraction of sp³-hybridized carbons (Fsp3) is 0.263. The molecular weight excluding hydrogens is 342 g/mol. The molecule has 27 heavy (non-hydrogen) atoms. The van der Waals surface area contributed by atoms with Gasteiger partial charge in [0, 0.05) is 30.7 Å². The molecule has 0 radical (unpaired) electrons. The largest absolute Gasteiger partial charge is 0.382 e. The van der Waals surface area contributed by atoms with Crippen LogP contribution >= 0.6 is 0 Å². The van der Waals surface area contributed by atoms with E-state index in [2.05, 4.69) is 20.1 Å². The zero-order valence-electron chi connectivity index (χ0n) is 14.7. The minimum atomic E-state index is 0.182. The zero-order valence-corrected chi connectivity index (χ0v) is 14.7. The van der Waals surface area contributed by atoms with E-state index >= 15 is 0 Å². The highest BCUT2D eigenvalue weighted by atomic mass is 16.2. The third-order valence-electron chi connectivity index (χ3n) is 5.02. The Balaban J connectivity index is 1.58. The highest BCUT2D eigenvalue weighted by molar-refractivity contribution is 6.06. The summed E-state index contributed by atoms with van der Waals surface area (Å²) >= 11 is 0. The third-order valence-corrected chi connectivity index (χ3v) is 5.02. The van der Waals surface area contributed by atoms with Gasteiger partial charge in [-0.2, -0.15) is 5.10 Å². The number of nitrogens with zero attached hydrogens (tertiary/aromatic N) is 5. The summed E-state index contributed by atoms with van der Waals surface area (Å²) in [7, 11) is 0. The predicted molar refractivity (Wildman–Crippen MR) is 102 cm³/mol. The van der Waals surface area contributed by atoms with Crippen LogP contribution in [0.1, 0.15) is 25.1 Å². The normalized spacial score (nSPS) is 15.1. The molecule has 0 aliphatic carbocycles. The predicted octanol–water partition coefficient (Wildman–Crippen LogP) is 2.39. The number of carbonyl (C=O) groups is 1. The minimum absolute atomic E-state index is 0.182. The van der Waals surface area contributed by atoms with E-state index in [1.165, 1.54) is 0 Å². The standard InChI is InChI=1S/C19H19N7O/c20-19-18-17(23-15(24-18)11-25-8-2-1-4-16(25)27)13-6-5-12(10-14(13)22-19)26-9-3-7-21-26/h3,5-7,9-10H,1-2,4,8,11H2,(H2,20,22)(H,23,24). The van der Waals surface area contributed by atoms with Crippen LogP contribution in [-0.2, 0) is 11.3 Å². The smallest absolute Gasteiger partial charge is 0.222 e. The molecule has 0 atom stereocenters. The van der Waals surface area contributed by atoms with Crippen molar-refractivity contribution in [3.63, 3.8) is 0 Å². The molecule has 0 unspecified atom stereocenters. The number of nitrogen functional groups attached to an aromatic ring is 1. The van der Waals surface area contributed by atoms with Crippen LogP contribution in [-0.4, -0.2) is 42.1 Å². The molecule has 1 aromatic carbocycles. The molecule has 8 nitrogen and oxygen atoms in total. The van der Waals surface area contributed by atoms with Gasteiger partial charge >= 0.3 is 0 Å². The first-order valence-corrected chi connectivity index (χ1v) is 9.05. The number of imidazole rings is 1. The fourth-order valence-electron chi connectivity index (χ4n) is 3.66.